The van der Waals surface area contributed by atoms with Gasteiger partial charge < -0.3 is 15.1 Å². The average Bonchev–Trinajstić information content (AvgIpc) is 3.28. The molecule has 0 radical (unpaired) electrons. The van der Waals surface area contributed by atoms with Crippen molar-refractivity contribution < 1.29 is 9.59 Å². The molecule has 3 saturated heterocycles. The molecule has 4 rings (SSSR count). The first-order chi connectivity index (χ1) is 14.0. The lowest BCUT2D eigenvalue weighted by Gasteiger charge is -2.32. The van der Waals surface area contributed by atoms with Crippen molar-refractivity contribution >= 4 is 23.4 Å². The second kappa shape index (κ2) is 8.65. The SMILES string of the molecule is CCN1CCC(CCNC(=O)C2(c3ccccc3Cl)CC3CCC(=O)N3C2)CC1. The molecule has 3 aliphatic heterocycles. The fourth-order valence-corrected chi connectivity index (χ4v) is 5.78. The van der Waals surface area contributed by atoms with Gasteiger partial charge in [-0.3, -0.25) is 9.59 Å². The maximum atomic E-state index is 13.5. The van der Waals surface area contributed by atoms with Crippen molar-refractivity contribution in [3.05, 3.63) is 34.9 Å². The Hall–Kier alpha value is -1.59. The molecule has 3 fully saturated rings. The first-order valence-electron chi connectivity index (χ1n) is 11.1. The van der Waals surface area contributed by atoms with Gasteiger partial charge in [-0.1, -0.05) is 36.7 Å². The zero-order valence-electron chi connectivity index (χ0n) is 17.3. The van der Waals surface area contributed by atoms with Gasteiger partial charge in [0.15, 0.2) is 0 Å². The van der Waals surface area contributed by atoms with Gasteiger partial charge in [0, 0.05) is 30.6 Å². The van der Waals surface area contributed by atoms with Gasteiger partial charge in [-0.05, 0) is 69.3 Å². The number of halogens is 1. The third kappa shape index (κ3) is 4.04. The third-order valence-corrected chi connectivity index (χ3v) is 7.62. The van der Waals surface area contributed by atoms with Crippen molar-refractivity contribution in [2.24, 2.45) is 5.92 Å². The molecule has 3 aliphatic rings. The fourth-order valence-electron chi connectivity index (χ4n) is 5.46. The average molecular weight is 418 g/mol. The highest BCUT2D eigenvalue weighted by atomic mass is 35.5. The molecule has 158 valence electrons. The zero-order valence-corrected chi connectivity index (χ0v) is 18.1. The number of piperidine rings is 1. The van der Waals surface area contributed by atoms with Crippen molar-refractivity contribution in [1.82, 2.24) is 15.1 Å². The highest BCUT2D eigenvalue weighted by molar-refractivity contribution is 6.31. The Morgan fingerprint density at radius 2 is 2.00 bits per heavy atom. The summed E-state index contributed by atoms with van der Waals surface area (Å²) >= 11 is 6.53. The molecule has 0 spiro atoms. The van der Waals surface area contributed by atoms with Gasteiger partial charge in [0.25, 0.3) is 0 Å². The predicted molar refractivity (Wildman–Crippen MR) is 115 cm³/mol. The number of benzene rings is 1. The number of hydrogen-bond donors (Lipinski definition) is 1. The second-order valence-electron chi connectivity index (χ2n) is 8.90. The minimum atomic E-state index is -0.731. The topological polar surface area (TPSA) is 52.7 Å². The first-order valence-corrected chi connectivity index (χ1v) is 11.5. The van der Waals surface area contributed by atoms with Crippen LogP contribution in [0.3, 0.4) is 0 Å². The minimum absolute atomic E-state index is 0.0267. The number of amides is 2. The Kier molecular flexibility index (Phi) is 6.16. The van der Waals surface area contributed by atoms with E-state index in [0.29, 0.717) is 36.9 Å². The molecule has 1 N–H and O–H groups in total. The molecule has 0 bridgehead atoms. The number of hydrogen-bond acceptors (Lipinski definition) is 3. The summed E-state index contributed by atoms with van der Waals surface area (Å²) in [4.78, 5) is 30.2. The van der Waals surface area contributed by atoms with Crippen molar-refractivity contribution in [3.63, 3.8) is 0 Å². The number of likely N-dealkylation sites (tertiary alicyclic amines) is 1. The number of carbonyl (C=O) groups excluding carboxylic acids is 2. The van der Waals surface area contributed by atoms with Crippen LogP contribution < -0.4 is 5.32 Å². The maximum Gasteiger partial charge on any atom is 0.232 e. The summed E-state index contributed by atoms with van der Waals surface area (Å²) in [5.41, 5.74) is 0.127. The number of nitrogens with zero attached hydrogens (tertiary/aromatic N) is 2. The van der Waals surface area contributed by atoms with Crippen LogP contribution in [0.15, 0.2) is 24.3 Å². The van der Waals surface area contributed by atoms with E-state index in [-0.39, 0.29) is 17.9 Å². The molecule has 2 unspecified atom stereocenters. The molecule has 0 aliphatic carbocycles. The number of carbonyl (C=O) groups is 2. The van der Waals surface area contributed by atoms with Crippen LogP contribution in [-0.2, 0) is 15.0 Å². The summed E-state index contributed by atoms with van der Waals surface area (Å²) in [5, 5.41) is 3.83. The van der Waals surface area contributed by atoms with Gasteiger partial charge in [-0.15, -0.1) is 0 Å². The second-order valence-corrected chi connectivity index (χ2v) is 9.31. The first kappa shape index (κ1) is 20.7. The number of nitrogens with one attached hydrogen (secondary N) is 1. The Morgan fingerprint density at radius 1 is 1.24 bits per heavy atom. The van der Waals surface area contributed by atoms with Gasteiger partial charge in [-0.25, -0.2) is 0 Å². The van der Waals surface area contributed by atoms with Crippen LogP contribution >= 0.6 is 11.6 Å². The van der Waals surface area contributed by atoms with Crippen LogP contribution in [0.25, 0.3) is 0 Å². The Balaban J connectivity index is 1.44. The molecular formula is C23H32ClN3O2. The molecule has 3 heterocycles. The van der Waals surface area contributed by atoms with Gasteiger partial charge in [0.2, 0.25) is 11.8 Å². The van der Waals surface area contributed by atoms with Crippen LogP contribution in [0.2, 0.25) is 5.02 Å². The highest BCUT2D eigenvalue weighted by Gasteiger charge is 2.54. The molecule has 5 nitrogen and oxygen atoms in total. The monoisotopic (exact) mass is 417 g/mol. The van der Waals surface area contributed by atoms with Crippen LogP contribution in [0.5, 0.6) is 0 Å². The molecule has 29 heavy (non-hydrogen) atoms. The van der Waals surface area contributed by atoms with Gasteiger partial charge >= 0.3 is 0 Å². The molecule has 1 aromatic carbocycles. The van der Waals surface area contributed by atoms with E-state index in [4.69, 9.17) is 11.6 Å². The van der Waals surface area contributed by atoms with Crippen LogP contribution in [-0.4, -0.2) is 60.4 Å². The van der Waals surface area contributed by atoms with Gasteiger partial charge in [0.05, 0.1) is 5.41 Å². The fraction of sp³-hybridized carbons (Fsp3) is 0.652. The quantitative estimate of drug-likeness (QED) is 0.773. The summed E-state index contributed by atoms with van der Waals surface area (Å²) in [6, 6.07) is 7.78. The van der Waals surface area contributed by atoms with Crippen LogP contribution in [0.1, 0.15) is 51.0 Å². The van der Waals surface area contributed by atoms with E-state index < -0.39 is 5.41 Å². The molecule has 6 heteroatoms. The van der Waals surface area contributed by atoms with Crippen LogP contribution in [0, 0.1) is 5.92 Å². The van der Waals surface area contributed by atoms with Crippen molar-refractivity contribution in [3.8, 4) is 0 Å². The Labute approximate surface area is 178 Å². The summed E-state index contributed by atoms with van der Waals surface area (Å²) in [6.45, 7) is 6.81. The van der Waals surface area contributed by atoms with E-state index in [1.165, 1.54) is 12.8 Å². The highest BCUT2D eigenvalue weighted by Crippen LogP contribution is 2.45. The van der Waals surface area contributed by atoms with Crippen LogP contribution in [0.4, 0.5) is 0 Å². The van der Waals surface area contributed by atoms with Gasteiger partial charge in [0.1, 0.15) is 0 Å². The van der Waals surface area contributed by atoms with Gasteiger partial charge in [-0.2, -0.15) is 0 Å². The molecule has 2 amide bonds. The molecule has 2 atom stereocenters. The number of rotatable bonds is 6. The van der Waals surface area contributed by atoms with Crippen molar-refractivity contribution in [2.75, 3.05) is 32.7 Å². The molecule has 0 aromatic heterocycles. The lowest BCUT2D eigenvalue weighted by Crippen LogP contribution is -2.47. The van der Waals surface area contributed by atoms with E-state index in [0.717, 1.165) is 38.0 Å². The normalized spacial score (nSPS) is 28.0. The van der Waals surface area contributed by atoms with E-state index in [2.05, 4.69) is 17.1 Å². The van der Waals surface area contributed by atoms with E-state index in [1.54, 1.807) is 0 Å². The lowest BCUT2D eigenvalue weighted by atomic mass is 9.76. The smallest absolute Gasteiger partial charge is 0.232 e. The summed E-state index contributed by atoms with van der Waals surface area (Å²) in [6.07, 6.45) is 5.56. The summed E-state index contributed by atoms with van der Waals surface area (Å²) < 4.78 is 0. The van der Waals surface area contributed by atoms with E-state index >= 15 is 0 Å². The van der Waals surface area contributed by atoms with Crippen molar-refractivity contribution in [1.29, 1.82) is 0 Å². The van der Waals surface area contributed by atoms with Crippen molar-refractivity contribution in [2.45, 2.75) is 56.9 Å². The molecule has 1 aromatic rings. The lowest BCUT2D eigenvalue weighted by molar-refractivity contribution is -0.129. The Morgan fingerprint density at radius 3 is 2.69 bits per heavy atom. The molecule has 0 saturated carbocycles. The standard InChI is InChI=1S/C23H32ClN3O2/c1-2-26-13-10-17(11-14-26)9-12-25-22(29)23(19-5-3-4-6-20(19)24)15-18-7-8-21(28)27(18)16-23/h3-6,17-18H,2,7-16H2,1H3,(H,25,29). The molecular weight excluding hydrogens is 386 g/mol. The van der Waals surface area contributed by atoms with E-state index in [9.17, 15) is 9.59 Å². The summed E-state index contributed by atoms with van der Waals surface area (Å²) in [5.74, 6) is 0.876. The number of fused-ring (bicyclic) bond motifs is 1. The third-order valence-electron chi connectivity index (χ3n) is 7.29. The zero-order chi connectivity index (χ0) is 20.4. The Bertz CT molecular complexity index is 762. The predicted octanol–water partition coefficient (Wildman–Crippen LogP) is 3.21. The summed E-state index contributed by atoms with van der Waals surface area (Å²) in [7, 11) is 0. The largest absolute Gasteiger partial charge is 0.355 e. The maximum absolute atomic E-state index is 13.5. The van der Waals surface area contributed by atoms with E-state index in [1.807, 2.05) is 29.2 Å². The minimum Gasteiger partial charge on any atom is -0.355 e.